The molecule has 3 aliphatic carbocycles. The summed E-state index contributed by atoms with van der Waals surface area (Å²) in [5, 5.41) is 8.42. The molecule has 3 saturated carbocycles. The second-order valence-electron chi connectivity index (χ2n) is 11.0. The van der Waals surface area contributed by atoms with Crippen LogP contribution in [-0.4, -0.2) is 32.4 Å². The van der Waals surface area contributed by atoms with Gasteiger partial charge < -0.3 is 0 Å². The lowest BCUT2D eigenvalue weighted by atomic mass is 9.50. The molecule has 0 saturated heterocycles. The number of nitrogens with zero attached hydrogens (tertiary/aromatic N) is 4. The fourth-order valence-corrected chi connectivity index (χ4v) is 8.23. The third-order valence-corrected chi connectivity index (χ3v) is 9.63. The van der Waals surface area contributed by atoms with E-state index in [0.29, 0.717) is 30.1 Å². The number of hydrogen-bond acceptors (Lipinski definition) is 4. The van der Waals surface area contributed by atoms with E-state index < -0.39 is 0 Å². The first-order valence-corrected chi connectivity index (χ1v) is 12.8. The highest BCUT2D eigenvalue weighted by molar-refractivity contribution is 5.84. The maximum atomic E-state index is 13.5. The number of hydrogen-bond donors (Lipinski definition) is 0. The summed E-state index contributed by atoms with van der Waals surface area (Å²) in [6.45, 7) is 4.79. The third kappa shape index (κ3) is 3.58. The van der Waals surface area contributed by atoms with Gasteiger partial charge in [0.1, 0.15) is 17.6 Å². The first-order chi connectivity index (χ1) is 15.6. The van der Waals surface area contributed by atoms with Gasteiger partial charge in [0.05, 0.1) is 12.9 Å². The summed E-state index contributed by atoms with van der Waals surface area (Å²) in [4.78, 5) is 17.7. The van der Waals surface area contributed by atoms with Crippen molar-refractivity contribution in [2.24, 2.45) is 40.9 Å². The smallest absolute Gasteiger partial charge is 0.157 e. The van der Waals surface area contributed by atoms with Gasteiger partial charge in [0.2, 0.25) is 0 Å². The molecule has 0 radical (unpaired) electrons. The van der Waals surface area contributed by atoms with Crippen LogP contribution in [0.4, 0.5) is 4.39 Å². The Morgan fingerprint density at radius 2 is 2.06 bits per heavy atom. The van der Waals surface area contributed by atoms with Crippen LogP contribution < -0.4 is 0 Å². The number of carbonyl (C=O) groups is 1. The average molecular weight is 441 g/mol. The Bertz CT molecular complexity index is 960. The molecule has 5 rings (SSSR count). The molecule has 0 amide bonds. The monoisotopic (exact) mass is 440 g/mol. The van der Waals surface area contributed by atoms with Gasteiger partial charge in [-0.15, -0.1) is 5.10 Å². The topological polar surface area (TPSA) is 60.7 Å². The molecule has 2 aromatic rings. The Kier molecular flexibility index (Phi) is 6.06. The molecule has 6 heteroatoms. The third-order valence-electron chi connectivity index (χ3n) is 9.63. The van der Waals surface area contributed by atoms with E-state index in [1.165, 1.54) is 38.5 Å². The van der Waals surface area contributed by atoms with Gasteiger partial charge in [-0.05, 0) is 86.0 Å². The van der Waals surface area contributed by atoms with Crippen molar-refractivity contribution in [2.45, 2.75) is 78.2 Å². The van der Waals surface area contributed by atoms with Gasteiger partial charge in [-0.25, -0.2) is 4.68 Å². The van der Waals surface area contributed by atoms with Crippen LogP contribution in [0.2, 0.25) is 0 Å². The largest absolute Gasteiger partial charge is 0.297 e. The maximum absolute atomic E-state index is 13.5. The van der Waals surface area contributed by atoms with Crippen molar-refractivity contribution in [1.29, 1.82) is 0 Å². The van der Waals surface area contributed by atoms with Gasteiger partial charge in [0.15, 0.2) is 5.78 Å². The predicted octanol–water partition coefficient (Wildman–Crippen LogP) is 5.64. The Morgan fingerprint density at radius 3 is 2.88 bits per heavy atom. The van der Waals surface area contributed by atoms with Crippen molar-refractivity contribution < 1.29 is 9.18 Å². The van der Waals surface area contributed by atoms with Gasteiger partial charge in [-0.1, -0.05) is 31.9 Å². The molecule has 174 valence electrons. The molecule has 0 aromatic carbocycles. The lowest BCUT2D eigenvalue weighted by molar-refractivity contribution is -0.130. The Hall–Kier alpha value is -1.85. The van der Waals surface area contributed by atoms with Crippen molar-refractivity contribution in [3.05, 3.63) is 18.5 Å². The molecule has 7 atom stereocenters. The van der Waals surface area contributed by atoms with E-state index in [9.17, 15) is 9.18 Å². The quantitative estimate of drug-likeness (QED) is 0.559. The number of alkyl halides is 1. The van der Waals surface area contributed by atoms with E-state index in [4.69, 9.17) is 0 Å². The second-order valence-corrected chi connectivity index (χ2v) is 11.0. The van der Waals surface area contributed by atoms with Crippen molar-refractivity contribution in [2.75, 3.05) is 6.67 Å². The molecular weight excluding hydrogens is 403 g/mol. The number of carbonyl (C=O) groups excluding carboxylic acids is 1. The van der Waals surface area contributed by atoms with Gasteiger partial charge in [-0.2, -0.15) is 0 Å². The minimum Gasteiger partial charge on any atom is -0.297 e. The Morgan fingerprint density at radius 1 is 1.19 bits per heavy atom. The number of aromatic nitrogens is 4. The van der Waals surface area contributed by atoms with Crippen molar-refractivity contribution in [3.8, 4) is 0 Å². The SMILES string of the molecule is CCCC1C(CCF)CCC2C1CCC1(C)C(C(=O)Cn3nnc4ccncc43)CCC21. The molecule has 32 heavy (non-hydrogen) atoms. The molecule has 3 aliphatic rings. The number of halogens is 1. The molecule has 0 bridgehead atoms. The van der Waals surface area contributed by atoms with Crippen LogP contribution in [0.1, 0.15) is 71.6 Å². The minimum absolute atomic E-state index is 0.0938. The van der Waals surface area contributed by atoms with Crippen LogP contribution in [0.5, 0.6) is 0 Å². The maximum Gasteiger partial charge on any atom is 0.157 e. The predicted molar refractivity (Wildman–Crippen MR) is 123 cm³/mol. The molecule has 0 aliphatic heterocycles. The Labute approximate surface area is 190 Å². The summed E-state index contributed by atoms with van der Waals surface area (Å²) in [5.74, 6) is 3.75. The fourth-order valence-electron chi connectivity index (χ4n) is 8.23. The highest BCUT2D eigenvalue weighted by atomic mass is 19.1. The zero-order valence-electron chi connectivity index (χ0n) is 19.5. The number of pyridine rings is 1. The molecule has 0 N–H and O–H groups in total. The zero-order valence-corrected chi connectivity index (χ0v) is 19.5. The van der Waals surface area contributed by atoms with Gasteiger partial charge in [0, 0.05) is 12.1 Å². The summed E-state index contributed by atoms with van der Waals surface area (Å²) in [7, 11) is 0. The molecule has 5 nitrogen and oxygen atoms in total. The molecule has 2 heterocycles. The number of fused-ring (bicyclic) bond motifs is 4. The Balaban J connectivity index is 1.33. The van der Waals surface area contributed by atoms with Crippen molar-refractivity contribution in [1.82, 2.24) is 20.0 Å². The first-order valence-electron chi connectivity index (χ1n) is 12.8. The van der Waals surface area contributed by atoms with E-state index in [1.807, 2.05) is 6.07 Å². The van der Waals surface area contributed by atoms with Crippen LogP contribution >= 0.6 is 0 Å². The van der Waals surface area contributed by atoms with E-state index in [1.54, 1.807) is 17.1 Å². The molecule has 2 aromatic heterocycles. The summed E-state index contributed by atoms with van der Waals surface area (Å²) >= 11 is 0. The van der Waals surface area contributed by atoms with E-state index >= 15 is 0 Å². The van der Waals surface area contributed by atoms with Crippen LogP contribution in [-0.2, 0) is 11.3 Å². The fraction of sp³-hybridized carbons (Fsp3) is 0.769. The molecule has 3 fully saturated rings. The molecule has 0 spiro atoms. The number of ketones is 1. The average Bonchev–Trinajstić information content (AvgIpc) is 3.36. The highest BCUT2D eigenvalue weighted by Crippen LogP contribution is 2.63. The summed E-state index contributed by atoms with van der Waals surface area (Å²) < 4.78 is 15.0. The van der Waals surface area contributed by atoms with Crippen LogP contribution in [0.3, 0.4) is 0 Å². The number of rotatable bonds is 7. The zero-order chi connectivity index (χ0) is 22.3. The van der Waals surface area contributed by atoms with Crippen LogP contribution in [0, 0.1) is 40.9 Å². The highest BCUT2D eigenvalue weighted by Gasteiger charge is 2.57. The van der Waals surface area contributed by atoms with Crippen molar-refractivity contribution in [3.63, 3.8) is 0 Å². The van der Waals surface area contributed by atoms with Gasteiger partial charge in [0.25, 0.3) is 0 Å². The van der Waals surface area contributed by atoms with E-state index in [0.717, 1.165) is 42.1 Å². The summed E-state index contributed by atoms with van der Waals surface area (Å²) in [6, 6.07) is 1.84. The minimum atomic E-state index is -0.174. The van der Waals surface area contributed by atoms with Crippen molar-refractivity contribution >= 4 is 16.8 Å². The summed E-state index contributed by atoms with van der Waals surface area (Å²) in [6.07, 6.45) is 13.6. The van der Waals surface area contributed by atoms with Gasteiger partial charge >= 0.3 is 0 Å². The van der Waals surface area contributed by atoms with Gasteiger partial charge in [-0.3, -0.25) is 14.2 Å². The van der Waals surface area contributed by atoms with E-state index in [2.05, 4.69) is 29.1 Å². The second kappa shape index (κ2) is 8.83. The summed E-state index contributed by atoms with van der Waals surface area (Å²) in [5.41, 5.74) is 1.71. The molecular formula is C26H37FN4O. The number of Topliss-reactive ketones (excluding diaryl/α,β-unsaturated/α-hetero) is 1. The lowest BCUT2D eigenvalue weighted by Gasteiger charge is -2.54. The lowest BCUT2D eigenvalue weighted by Crippen LogP contribution is -2.48. The normalized spacial score (nSPS) is 36.7. The molecule has 7 unspecified atom stereocenters. The van der Waals surface area contributed by atoms with Crippen LogP contribution in [0.25, 0.3) is 11.0 Å². The first kappa shape index (κ1) is 22.0. The standard InChI is InChI=1S/C26H37FN4O/c1-3-4-18-17(10-13-27)5-6-20-19(18)9-12-26(2)21(20)7-8-22(26)25(32)16-31-24-15-28-14-11-23(24)29-30-31/h11,14-15,17-22H,3-10,12-13,16H2,1-2H3. The van der Waals surface area contributed by atoms with E-state index in [-0.39, 0.29) is 18.0 Å². The van der Waals surface area contributed by atoms with Crippen LogP contribution in [0.15, 0.2) is 18.5 Å².